The van der Waals surface area contributed by atoms with Crippen molar-refractivity contribution >= 4 is 10.2 Å². The average Bonchev–Trinajstić information content (AvgIpc) is 2.39. The predicted molar refractivity (Wildman–Crippen MR) is 85.5 cm³/mol. The Morgan fingerprint density at radius 3 is 1.00 bits per heavy atom. The van der Waals surface area contributed by atoms with Gasteiger partial charge in [0, 0.05) is 10.2 Å². The summed E-state index contributed by atoms with van der Waals surface area (Å²) in [5, 5.41) is 0. The van der Waals surface area contributed by atoms with Crippen molar-refractivity contribution in [1.29, 1.82) is 0 Å². The molecule has 0 aliphatic heterocycles. The lowest BCUT2D eigenvalue weighted by molar-refractivity contribution is 0.534. The molecule has 3 radical (unpaired) electrons. The summed E-state index contributed by atoms with van der Waals surface area (Å²) in [5.74, 6) is 0. The van der Waals surface area contributed by atoms with Gasteiger partial charge < -0.3 is 0 Å². The van der Waals surface area contributed by atoms with Gasteiger partial charge in [-0.1, -0.05) is 109 Å². The van der Waals surface area contributed by atoms with Gasteiger partial charge in [0.2, 0.25) is 0 Å². The molecule has 0 bridgehead atoms. The third-order valence-electron chi connectivity index (χ3n) is 3.78. The fraction of sp³-hybridized carbons (Fsp3) is 1.00. The first-order valence-electron chi connectivity index (χ1n) is 8.56. The minimum Gasteiger partial charge on any atom is -0.0654 e. The van der Waals surface area contributed by atoms with E-state index < -0.39 is 0 Å². The highest BCUT2D eigenvalue weighted by Crippen LogP contribution is 2.13. The third kappa shape index (κ3) is 16.2. The van der Waals surface area contributed by atoms with Crippen molar-refractivity contribution in [3.63, 3.8) is 0 Å². The van der Waals surface area contributed by atoms with Crippen molar-refractivity contribution in [3.8, 4) is 0 Å². The smallest absolute Gasteiger partial charge is 0.0222 e. The van der Waals surface area contributed by atoms with Crippen LogP contribution in [0.5, 0.6) is 0 Å². The van der Waals surface area contributed by atoms with Gasteiger partial charge in [0.15, 0.2) is 0 Å². The second-order valence-electron chi connectivity index (χ2n) is 5.70. The van der Waals surface area contributed by atoms with Crippen molar-refractivity contribution in [2.45, 2.75) is 109 Å². The molecule has 0 heterocycles. The zero-order valence-corrected chi connectivity index (χ0v) is 13.8. The van der Waals surface area contributed by atoms with E-state index in [0.29, 0.717) is 0 Å². The predicted octanol–water partition coefficient (Wildman–Crippen LogP) is 6.44. The van der Waals surface area contributed by atoms with Crippen LogP contribution in [-0.4, -0.2) is 10.2 Å². The Morgan fingerprint density at radius 2 is 0.722 bits per heavy atom. The normalized spacial score (nSPS) is 11.0. The van der Waals surface area contributed by atoms with Gasteiger partial charge in [-0.05, 0) is 0 Å². The maximum Gasteiger partial charge on any atom is 0.0222 e. The zero-order chi connectivity index (χ0) is 13.3. The van der Waals surface area contributed by atoms with Gasteiger partial charge in [0.1, 0.15) is 0 Å². The number of rotatable bonds is 15. The first-order valence-corrected chi connectivity index (χ1v) is 9.27. The van der Waals surface area contributed by atoms with E-state index in [4.69, 9.17) is 0 Å². The molecule has 0 aromatic heterocycles. The van der Waals surface area contributed by atoms with Crippen molar-refractivity contribution in [1.82, 2.24) is 0 Å². The molecule has 0 saturated carbocycles. The molecule has 0 nitrogen and oxygen atoms in total. The highest BCUT2D eigenvalue weighted by atomic mass is 28.1. The fourth-order valence-electron chi connectivity index (χ4n) is 2.50. The van der Waals surface area contributed by atoms with E-state index in [1.165, 1.54) is 102 Å². The van der Waals surface area contributed by atoms with Crippen LogP contribution in [0.25, 0.3) is 0 Å². The van der Waals surface area contributed by atoms with E-state index in [1.54, 1.807) is 0 Å². The zero-order valence-electron chi connectivity index (χ0n) is 12.8. The molecule has 0 N–H and O–H groups in total. The topological polar surface area (TPSA) is 0 Å². The van der Waals surface area contributed by atoms with E-state index in [9.17, 15) is 0 Å². The molecule has 0 aromatic carbocycles. The molecule has 0 amide bonds. The summed E-state index contributed by atoms with van der Waals surface area (Å²) in [6.45, 7) is 2.29. The Labute approximate surface area is 120 Å². The Balaban J connectivity index is 2.86. The summed E-state index contributed by atoms with van der Waals surface area (Å²) >= 11 is 0. The quantitative estimate of drug-likeness (QED) is 0.236. The molecule has 0 aromatic rings. The van der Waals surface area contributed by atoms with Gasteiger partial charge in [-0.25, -0.2) is 0 Å². The summed E-state index contributed by atoms with van der Waals surface area (Å²) in [4.78, 5) is 0. The van der Waals surface area contributed by atoms with Crippen molar-refractivity contribution in [2.75, 3.05) is 0 Å². The van der Waals surface area contributed by atoms with Gasteiger partial charge in [-0.3, -0.25) is 0 Å². The lowest BCUT2D eigenvalue weighted by atomic mass is 10.0. The second-order valence-corrected chi connectivity index (χ2v) is 6.20. The SMILES string of the molecule is CCCCCCCCCCCCCCCCC[Si]. The first kappa shape index (κ1) is 18.2. The molecule has 0 spiro atoms. The lowest BCUT2D eigenvalue weighted by Gasteiger charge is -2.03. The molecule has 0 fully saturated rings. The average molecular weight is 268 g/mol. The molecular weight excluding hydrogens is 232 g/mol. The Kier molecular flexibility index (Phi) is 17.4. The molecule has 0 aliphatic rings. The maximum absolute atomic E-state index is 3.53. The molecule has 107 valence electrons. The summed E-state index contributed by atoms with van der Waals surface area (Å²) in [6.07, 6.45) is 21.8. The Hall–Kier alpha value is 0.217. The van der Waals surface area contributed by atoms with Crippen molar-refractivity contribution in [3.05, 3.63) is 0 Å². The van der Waals surface area contributed by atoms with E-state index in [0.717, 1.165) is 0 Å². The van der Waals surface area contributed by atoms with Crippen LogP contribution in [0, 0.1) is 0 Å². The first-order chi connectivity index (χ1) is 8.91. The van der Waals surface area contributed by atoms with Crippen LogP contribution in [0.2, 0.25) is 6.04 Å². The second kappa shape index (κ2) is 17.2. The Bertz CT molecular complexity index is 118. The van der Waals surface area contributed by atoms with Crippen LogP contribution < -0.4 is 0 Å². The highest BCUT2D eigenvalue weighted by molar-refractivity contribution is 6.08. The van der Waals surface area contributed by atoms with Crippen molar-refractivity contribution in [2.24, 2.45) is 0 Å². The minimum atomic E-state index is 1.18. The monoisotopic (exact) mass is 267 g/mol. The van der Waals surface area contributed by atoms with Gasteiger partial charge >= 0.3 is 0 Å². The maximum atomic E-state index is 3.53. The standard InChI is InChI=1S/C17H35Si/c1-2-3-4-5-6-7-8-9-10-11-12-13-14-15-16-17-18/h2-17H2,1H3. The van der Waals surface area contributed by atoms with Crippen LogP contribution >= 0.6 is 0 Å². The fourth-order valence-corrected chi connectivity index (χ4v) is 2.75. The van der Waals surface area contributed by atoms with Crippen LogP contribution in [-0.2, 0) is 0 Å². The molecule has 0 saturated heterocycles. The Morgan fingerprint density at radius 1 is 0.444 bits per heavy atom. The van der Waals surface area contributed by atoms with Gasteiger partial charge in [-0.2, -0.15) is 0 Å². The summed E-state index contributed by atoms with van der Waals surface area (Å²) in [5.41, 5.74) is 0. The van der Waals surface area contributed by atoms with Crippen LogP contribution in [0.15, 0.2) is 0 Å². The van der Waals surface area contributed by atoms with Crippen molar-refractivity contribution < 1.29 is 0 Å². The molecule has 1 heteroatoms. The summed E-state index contributed by atoms with van der Waals surface area (Å²) in [6, 6.07) is 1.18. The molecule has 0 aliphatic carbocycles. The number of hydrogen-bond donors (Lipinski definition) is 0. The molecular formula is C17H35Si. The third-order valence-corrected chi connectivity index (χ3v) is 4.13. The van der Waals surface area contributed by atoms with Crippen LogP contribution in [0.3, 0.4) is 0 Å². The molecule has 18 heavy (non-hydrogen) atoms. The van der Waals surface area contributed by atoms with E-state index in [-0.39, 0.29) is 0 Å². The van der Waals surface area contributed by atoms with E-state index in [2.05, 4.69) is 17.2 Å². The number of unbranched alkanes of at least 4 members (excludes halogenated alkanes) is 14. The molecule has 0 unspecified atom stereocenters. The number of hydrogen-bond acceptors (Lipinski definition) is 0. The molecule has 0 atom stereocenters. The largest absolute Gasteiger partial charge is 0.0654 e. The van der Waals surface area contributed by atoms with Gasteiger partial charge in [0.25, 0.3) is 0 Å². The summed E-state index contributed by atoms with van der Waals surface area (Å²) < 4.78 is 0. The van der Waals surface area contributed by atoms with Crippen LogP contribution in [0.4, 0.5) is 0 Å². The van der Waals surface area contributed by atoms with Gasteiger partial charge in [0.05, 0.1) is 0 Å². The molecule has 0 rings (SSSR count). The highest BCUT2D eigenvalue weighted by Gasteiger charge is 1.93. The minimum absolute atomic E-state index is 1.18. The van der Waals surface area contributed by atoms with E-state index in [1.807, 2.05) is 0 Å². The van der Waals surface area contributed by atoms with Crippen LogP contribution in [0.1, 0.15) is 103 Å². The van der Waals surface area contributed by atoms with E-state index >= 15 is 0 Å². The van der Waals surface area contributed by atoms with Gasteiger partial charge in [-0.15, -0.1) is 0 Å². The summed E-state index contributed by atoms with van der Waals surface area (Å²) in [7, 11) is 3.53. The lowest BCUT2D eigenvalue weighted by Crippen LogP contribution is -1.83.